The van der Waals surface area contributed by atoms with E-state index in [1.165, 1.54) is 126 Å². The first kappa shape index (κ1) is 35.4. The third-order valence-corrected chi connectivity index (χ3v) is 11.6. The van der Waals surface area contributed by atoms with Crippen molar-refractivity contribution in [3.63, 3.8) is 0 Å². The van der Waals surface area contributed by atoms with Gasteiger partial charge in [-0.25, -0.2) is 0 Å². The van der Waals surface area contributed by atoms with Crippen molar-refractivity contribution < 1.29 is 0 Å². The lowest BCUT2D eigenvalue weighted by molar-refractivity contribution is 0.0706. The lowest BCUT2D eigenvalue weighted by Gasteiger charge is -2.43. The third kappa shape index (κ3) is 12.6. The summed E-state index contributed by atoms with van der Waals surface area (Å²) in [4.78, 5) is 0. The summed E-state index contributed by atoms with van der Waals surface area (Å²) in [5.41, 5.74) is 6.63. The largest absolute Gasteiger partial charge is 0.0625 e. The van der Waals surface area contributed by atoms with Gasteiger partial charge in [0.25, 0.3) is 0 Å². The van der Waals surface area contributed by atoms with Gasteiger partial charge in [-0.05, 0) is 110 Å². The molecule has 1 saturated carbocycles. The normalized spacial score (nSPS) is 22.1. The molecule has 0 aliphatic heterocycles. The molecule has 232 valence electrons. The summed E-state index contributed by atoms with van der Waals surface area (Å²) in [5.74, 6) is 5.47. The number of aryl methyl sites for hydroxylation is 2. The van der Waals surface area contributed by atoms with Gasteiger partial charge in [-0.15, -0.1) is 0 Å². The lowest BCUT2D eigenvalue weighted by atomic mass is 9.62. The van der Waals surface area contributed by atoms with Crippen LogP contribution in [0.5, 0.6) is 0 Å². The van der Waals surface area contributed by atoms with Gasteiger partial charge in [-0.3, -0.25) is 0 Å². The average Bonchev–Trinajstić information content (AvgIpc) is 2.88. The highest BCUT2D eigenvalue weighted by molar-refractivity contribution is 5.39. The Morgan fingerprint density at radius 2 is 1.15 bits per heavy atom. The zero-order valence-electron chi connectivity index (χ0n) is 29.1. The Bertz CT molecular complexity index is 816. The van der Waals surface area contributed by atoms with Gasteiger partial charge in [-0.1, -0.05) is 144 Å². The van der Waals surface area contributed by atoms with Crippen LogP contribution in [0.1, 0.15) is 173 Å². The maximum absolute atomic E-state index is 2.54. The maximum Gasteiger partial charge on any atom is -0.0271 e. The summed E-state index contributed by atoms with van der Waals surface area (Å²) in [6.07, 6.45) is 24.2. The van der Waals surface area contributed by atoms with Crippen molar-refractivity contribution in [3.8, 4) is 0 Å². The average molecular weight is 553 g/mol. The highest BCUT2D eigenvalue weighted by Gasteiger charge is 2.36. The number of hydrogen-bond acceptors (Lipinski definition) is 0. The predicted molar refractivity (Wildman–Crippen MR) is 181 cm³/mol. The summed E-state index contributed by atoms with van der Waals surface area (Å²) < 4.78 is 0. The number of unbranched alkanes of at least 4 members (excludes halogenated alkanes) is 1. The van der Waals surface area contributed by atoms with Crippen molar-refractivity contribution in [2.75, 3.05) is 0 Å². The van der Waals surface area contributed by atoms with E-state index >= 15 is 0 Å². The molecule has 0 heterocycles. The molecule has 6 unspecified atom stereocenters. The molecular formula is C40H72. The van der Waals surface area contributed by atoms with Crippen LogP contribution in [0.2, 0.25) is 0 Å². The van der Waals surface area contributed by atoms with Gasteiger partial charge in [0.2, 0.25) is 0 Å². The SMILES string of the molecule is Cc1ccc(C)c(CCC(C)CCCC(C)CCCCC(C)CCCC(C)CCC2C(C)CCCC2(C)C)c1C. The quantitative estimate of drug-likeness (QED) is 0.150. The van der Waals surface area contributed by atoms with Gasteiger partial charge in [0.05, 0.1) is 0 Å². The van der Waals surface area contributed by atoms with Crippen LogP contribution in [0.25, 0.3) is 0 Å². The summed E-state index contributed by atoms with van der Waals surface area (Å²) in [7, 11) is 0. The molecule has 0 bridgehead atoms. The van der Waals surface area contributed by atoms with E-state index in [9.17, 15) is 0 Å². The molecule has 6 atom stereocenters. The van der Waals surface area contributed by atoms with Crippen molar-refractivity contribution in [2.24, 2.45) is 40.9 Å². The minimum atomic E-state index is 0.572. The molecule has 0 aromatic heterocycles. The van der Waals surface area contributed by atoms with Crippen LogP contribution in [-0.2, 0) is 6.42 Å². The standard InChI is InChI=1S/C40H72/c1-30(18-13-20-32(3)23-27-38-35(6)26-25-34(5)37(38)8)16-11-12-17-31(2)19-14-21-33(4)24-28-39-36(7)22-15-29-40(39,9)10/h25-26,30-33,36,39H,11-24,27-29H2,1-10H3. The Morgan fingerprint density at radius 1 is 0.675 bits per heavy atom. The summed E-state index contributed by atoms with van der Waals surface area (Å²) >= 11 is 0. The van der Waals surface area contributed by atoms with E-state index in [0.29, 0.717) is 5.41 Å². The smallest absolute Gasteiger partial charge is 0.0271 e. The van der Waals surface area contributed by atoms with Crippen molar-refractivity contribution in [1.29, 1.82) is 0 Å². The van der Waals surface area contributed by atoms with Crippen molar-refractivity contribution >= 4 is 0 Å². The second-order valence-corrected chi connectivity index (χ2v) is 16.0. The lowest BCUT2D eigenvalue weighted by Crippen LogP contribution is -2.33. The van der Waals surface area contributed by atoms with E-state index in [2.05, 4.69) is 81.4 Å². The van der Waals surface area contributed by atoms with E-state index in [0.717, 1.165) is 35.5 Å². The third-order valence-electron chi connectivity index (χ3n) is 11.6. The second-order valence-electron chi connectivity index (χ2n) is 16.0. The zero-order valence-corrected chi connectivity index (χ0v) is 29.1. The predicted octanol–water partition coefficient (Wildman–Crippen LogP) is 13.2. The first-order chi connectivity index (χ1) is 18.9. The van der Waals surface area contributed by atoms with E-state index in [-0.39, 0.29) is 0 Å². The Morgan fingerprint density at radius 3 is 1.70 bits per heavy atom. The van der Waals surface area contributed by atoms with Gasteiger partial charge < -0.3 is 0 Å². The van der Waals surface area contributed by atoms with Crippen LogP contribution < -0.4 is 0 Å². The number of hydrogen-bond donors (Lipinski definition) is 0. The maximum atomic E-state index is 2.54. The van der Waals surface area contributed by atoms with E-state index < -0.39 is 0 Å². The number of rotatable bonds is 19. The Kier molecular flexibility index (Phi) is 15.9. The molecule has 0 N–H and O–H groups in total. The molecule has 0 radical (unpaired) electrons. The fraction of sp³-hybridized carbons (Fsp3) is 0.850. The molecule has 1 aromatic rings. The summed E-state index contributed by atoms with van der Waals surface area (Å²) in [6, 6.07) is 4.59. The van der Waals surface area contributed by atoms with E-state index in [1.54, 1.807) is 5.56 Å². The summed E-state index contributed by atoms with van der Waals surface area (Å²) in [5, 5.41) is 0. The fourth-order valence-corrected chi connectivity index (χ4v) is 8.15. The molecule has 40 heavy (non-hydrogen) atoms. The highest BCUT2D eigenvalue weighted by atomic mass is 14.4. The Hall–Kier alpha value is -0.780. The van der Waals surface area contributed by atoms with Crippen LogP contribution >= 0.6 is 0 Å². The molecule has 1 aliphatic carbocycles. The zero-order chi connectivity index (χ0) is 29.7. The van der Waals surface area contributed by atoms with Gasteiger partial charge >= 0.3 is 0 Å². The van der Waals surface area contributed by atoms with Crippen LogP contribution in [-0.4, -0.2) is 0 Å². The van der Waals surface area contributed by atoms with Crippen molar-refractivity contribution in [2.45, 2.75) is 178 Å². The molecule has 1 aromatic carbocycles. The van der Waals surface area contributed by atoms with Crippen LogP contribution in [0.4, 0.5) is 0 Å². The first-order valence-corrected chi connectivity index (χ1v) is 18.0. The van der Waals surface area contributed by atoms with Crippen LogP contribution in [0.15, 0.2) is 12.1 Å². The van der Waals surface area contributed by atoms with Crippen molar-refractivity contribution in [1.82, 2.24) is 0 Å². The summed E-state index contributed by atoms with van der Waals surface area (Å²) in [6.45, 7) is 24.5. The Labute approximate surface area is 253 Å². The first-order valence-electron chi connectivity index (χ1n) is 18.0. The molecule has 2 rings (SSSR count). The minimum Gasteiger partial charge on any atom is -0.0625 e. The Balaban J connectivity index is 1.48. The van der Waals surface area contributed by atoms with Gasteiger partial charge in [-0.2, -0.15) is 0 Å². The monoisotopic (exact) mass is 553 g/mol. The molecule has 0 spiro atoms. The van der Waals surface area contributed by atoms with Crippen molar-refractivity contribution in [3.05, 3.63) is 34.4 Å². The second kappa shape index (κ2) is 18.0. The fourth-order valence-electron chi connectivity index (χ4n) is 8.15. The molecule has 0 heteroatoms. The van der Waals surface area contributed by atoms with E-state index in [4.69, 9.17) is 0 Å². The van der Waals surface area contributed by atoms with E-state index in [1.807, 2.05) is 0 Å². The topological polar surface area (TPSA) is 0 Å². The number of benzene rings is 1. The van der Waals surface area contributed by atoms with Gasteiger partial charge in [0.1, 0.15) is 0 Å². The van der Waals surface area contributed by atoms with Gasteiger partial charge in [0, 0.05) is 0 Å². The molecule has 1 fully saturated rings. The molecule has 0 nitrogen and oxygen atoms in total. The minimum absolute atomic E-state index is 0.572. The molecule has 0 amide bonds. The molecular weight excluding hydrogens is 480 g/mol. The molecule has 1 aliphatic rings. The van der Waals surface area contributed by atoms with Crippen LogP contribution in [0, 0.1) is 61.7 Å². The molecule has 0 saturated heterocycles. The van der Waals surface area contributed by atoms with Crippen LogP contribution in [0.3, 0.4) is 0 Å². The van der Waals surface area contributed by atoms with Gasteiger partial charge in [0.15, 0.2) is 0 Å². The highest BCUT2D eigenvalue weighted by Crippen LogP contribution is 2.46.